The van der Waals surface area contributed by atoms with Gasteiger partial charge in [0.2, 0.25) is 0 Å². The molecule has 0 aliphatic rings. The average molecular weight is 70.1 g/mol. The second-order valence-corrected chi connectivity index (χ2v) is 0.641. The molecule has 0 aliphatic carbocycles. The highest BCUT2D eigenvalue weighted by Gasteiger charge is 1.56. The third kappa shape index (κ3) is 0.265. The van der Waals surface area contributed by atoms with Crippen molar-refractivity contribution in [2.75, 3.05) is 0 Å². The zero-order valence-corrected chi connectivity index (χ0v) is 2.52. The van der Waals surface area contributed by atoms with E-state index in [9.17, 15) is 0 Å². The van der Waals surface area contributed by atoms with Gasteiger partial charge in [-0.15, -0.1) is 0 Å². The lowest BCUT2D eigenvalue weighted by Gasteiger charge is -1.49. The van der Waals surface area contributed by atoms with E-state index >= 15 is 0 Å². The summed E-state index contributed by atoms with van der Waals surface area (Å²) in [6.45, 7) is 0. The summed E-state index contributed by atoms with van der Waals surface area (Å²) in [5, 5.41) is 5.74. The molecule has 1 rings (SSSR count). The first kappa shape index (κ1) is 1.12. The molecule has 1 heterocycles. The van der Waals surface area contributed by atoms with Gasteiger partial charge in [-0.2, -0.15) is 5.10 Å². The molecule has 0 bridgehead atoms. The molecule has 2 heteroatoms. The van der Waals surface area contributed by atoms with Crippen LogP contribution in [-0.2, 0) is 0 Å². The molecule has 26 valence electrons. The van der Waals surface area contributed by atoms with Crippen LogP contribution in [0.3, 0.4) is 0 Å². The van der Waals surface area contributed by atoms with Crippen molar-refractivity contribution in [2.24, 2.45) is 0 Å². The van der Waals surface area contributed by atoms with Gasteiger partial charge < -0.3 is 0 Å². The Balaban J connectivity index is 3.12. The number of nitrogens with one attached hydrogen (secondary N) is 1. The molecule has 0 saturated heterocycles. The van der Waals surface area contributed by atoms with Crippen LogP contribution in [-0.4, -0.2) is 10.2 Å². The van der Waals surface area contributed by atoms with Gasteiger partial charge in [0, 0.05) is 12.4 Å². The van der Waals surface area contributed by atoms with Crippen molar-refractivity contribution in [1.82, 2.24) is 10.2 Å². The SMILES string of the molecule is [2H]c1c[nH]nc1[2H]. The van der Waals surface area contributed by atoms with Gasteiger partial charge in [-0.25, -0.2) is 0 Å². The summed E-state index contributed by atoms with van der Waals surface area (Å²) in [7, 11) is 0. The standard InChI is InChI=1S/C3H4N2/c1-2-4-5-3-1/h1-3H,(H,4,5)/i1D,2D. The maximum absolute atomic E-state index is 6.82. The molecule has 0 aliphatic heterocycles. The van der Waals surface area contributed by atoms with Crippen molar-refractivity contribution in [3.63, 3.8) is 0 Å². The minimum Gasteiger partial charge on any atom is -0.286 e. The molecule has 0 aromatic carbocycles. The van der Waals surface area contributed by atoms with Gasteiger partial charge in [-0.05, 0) is 6.04 Å². The topological polar surface area (TPSA) is 28.7 Å². The molecule has 2 nitrogen and oxygen atoms in total. The second kappa shape index (κ2) is 0.885. The van der Waals surface area contributed by atoms with E-state index < -0.39 is 0 Å². The van der Waals surface area contributed by atoms with Crippen molar-refractivity contribution in [1.29, 1.82) is 0 Å². The van der Waals surface area contributed by atoms with E-state index in [0.29, 0.717) is 0 Å². The van der Waals surface area contributed by atoms with Gasteiger partial charge in [0.1, 0.15) is 0 Å². The van der Waals surface area contributed by atoms with Gasteiger partial charge in [0.25, 0.3) is 0 Å². The van der Waals surface area contributed by atoms with Crippen LogP contribution < -0.4 is 0 Å². The molecular formula is C3H4N2. The summed E-state index contributed by atoms with van der Waals surface area (Å²) >= 11 is 0. The second-order valence-electron chi connectivity index (χ2n) is 0.641. The highest BCUT2D eigenvalue weighted by molar-refractivity contribution is 4.72. The molecule has 0 saturated carbocycles. The van der Waals surface area contributed by atoms with Crippen molar-refractivity contribution >= 4 is 0 Å². The summed E-state index contributed by atoms with van der Waals surface area (Å²) in [5.74, 6) is 0. The Kier molecular flexibility index (Phi) is 0.199. The summed E-state index contributed by atoms with van der Waals surface area (Å²) in [5.41, 5.74) is 0. The minimum atomic E-state index is 0.000000000000000222. The summed E-state index contributed by atoms with van der Waals surface area (Å²) < 4.78 is 13.6. The van der Waals surface area contributed by atoms with Gasteiger partial charge in [0.15, 0.2) is 0 Å². The Morgan fingerprint density at radius 1 is 2.00 bits per heavy atom. The van der Waals surface area contributed by atoms with Crippen LogP contribution >= 0.6 is 0 Å². The number of H-pyrrole nitrogens is 1. The molecule has 5 heavy (non-hydrogen) atoms. The summed E-state index contributed by atoms with van der Waals surface area (Å²) in [6, 6.07) is 0.139. The normalized spacial score (nSPS) is 13.6. The third-order valence-corrected chi connectivity index (χ3v) is 0.322. The smallest absolute Gasteiger partial charge is 0.0860 e. The first-order chi connectivity index (χ1) is 3.30. The summed E-state index contributed by atoms with van der Waals surface area (Å²) in [4.78, 5) is 0. The lowest BCUT2D eigenvalue weighted by atomic mass is 10.8. The zero-order valence-electron chi connectivity index (χ0n) is 4.52. The average Bonchev–Trinajstić information content (AvgIpc) is 1.91. The van der Waals surface area contributed by atoms with Gasteiger partial charge >= 0.3 is 0 Å². The number of aromatic amines is 1. The summed E-state index contributed by atoms with van der Waals surface area (Å²) in [6.07, 6.45) is 1.36. The maximum Gasteiger partial charge on any atom is 0.0860 e. The van der Waals surface area contributed by atoms with Crippen molar-refractivity contribution in [3.05, 3.63) is 18.4 Å². The molecule has 0 amide bonds. The first-order valence-electron chi connectivity index (χ1n) is 2.27. The van der Waals surface area contributed by atoms with Crippen molar-refractivity contribution in [3.8, 4) is 0 Å². The fraction of sp³-hybridized carbons (Fsp3) is 0. The quantitative estimate of drug-likeness (QED) is 0.470. The van der Waals surface area contributed by atoms with E-state index in [1.54, 1.807) is 0 Å². The highest BCUT2D eigenvalue weighted by Crippen LogP contribution is 1.64. The predicted octanol–water partition coefficient (Wildman–Crippen LogP) is 0.410. The van der Waals surface area contributed by atoms with Crippen molar-refractivity contribution < 1.29 is 2.74 Å². The lowest BCUT2D eigenvalue weighted by Crippen LogP contribution is -1.53. The van der Waals surface area contributed by atoms with E-state index in [1.807, 2.05) is 0 Å². The lowest BCUT2D eigenvalue weighted by molar-refractivity contribution is 1.09. The van der Waals surface area contributed by atoms with E-state index in [1.165, 1.54) is 6.20 Å². The van der Waals surface area contributed by atoms with Crippen LogP contribution in [0, 0.1) is 0 Å². The fourth-order valence-corrected chi connectivity index (χ4v) is 0.161. The monoisotopic (exact) mass is 70.1 g/mol. The highest BCUT2D eigenvalue weighted by atomic mass is 15.1. The van der Waals surface area contributed by atoms with Gasteiger partial charge in [0.05, 0.1) is 2.74 Å². The largest absolute Gasteiger partial charge is 0.286 e. The molecule has 1 aromatic heterocycles. The van der Waals surface area contributed by atoms with E-state index in [0.717, 1.165) is 0 Å². The number of aromatic nitrogens is 2. The molecular weight excluding hydrogens is 64.0 g/mol. The molecule has 0 unspecified atom stereocenters. The molecule has 1 aromatic rings. The Hall–Kier alpha value is -0.790. The molecule has 0 atom stereocenters. The Bertz CT molecular complexity index is 143. The van der Waals surface area contributed by atoms with Crippen LogP contribution in [0.1, 0.15) is 2.74 Å². The Morgan fingerprint density at radius 3 is 3.20 bits per heavy atom. The molecule has 1 N–H and O–H groups in total. The zero-order chi connectivity index (χ0) is 5.28. The van der Waals surface area contributed by atoms with Gasteiger partial charge in [-0.3, -0.25) is 5.10 Å². The van der Waals surface area contributed by atoms with Crippen LogP contribution in [0.25, 0.3) is 0 Å². The third-order valence-electron chi connectivity index (χ3n) is 0.322. The maximum atomic E-state index is 6.82. The first-order valence-corrected chi connectivity index (χ1v) is 1.27. The predicted molar refractivity (Wildman–Crippen MR) is 18.6 cm³/mol. The van der Waals surface area contributed by atoms with Crippen LogP contribution in [0.15, 0.2) is 18.4 Å². The number of hydrogen-bond acceptors (Lipinski definition) is 1. The number of rotatable bonds is 0. The number of hydrogen-bond donors (Lipinski definition) is 1. The van der Waals surface area contributed by atoms with E-state index in [4.69, 9.17) is 2.74 Å². The van der Waals surface area contributed by atoms with Gasteiger partial charge in [-0.1, -0.05) is 0 Å². The van der Waals surface area contributed by atoms with Crippen LogP contribution in [0.5, 0.6) is 0 Å². The van der Waals surface area contributed by atoms with Crippen molar-refractivity contribution in [2.45, 2.75) is 0 Å². The van der Waals surface area contributed by atoms with Crippen LogP contribution in [0.4, 0.5) is 0 Å². The van der Waals surface area contributed by atoms with E-state index in [-0.39, 0.29) is 12.2 Å². The minimum absolute atomic E-state index is 0.000000000000000222. The Labute approximate surface area is 32.6 Å². The van der Waals surface area contributed by atoms with E-state index in [2.05, 4.69) is 10.2 Å². The fourth-order valence-electron chi connectivity index (χ4n) is 0.161. The number of nitrogens with zero attached hydrogens (tertiary/aromatic N) is 1. The Morgan fingerprint density at radius 2 is 3.00 bits per heavy atom. The molecule has 0 fully saturated rings. The molecule has 0 spiro atoms. The molecule has 0 radical (unpaired) electrons. The van der Waals surface area contributed by atoms with Crippen LogP contribution in [0.2, 0.25) is 0 Å².